The number of aliphatic imine (C=N–C) groups is 1. The zero-order valence-electron chi connectivity index (χ0n) is 18.5. The van der Waals surface area contributed by atoms with Crippen LogP contribution in [0.4, 0.5) is 0 Å². The standard InChI is InChI=1S/C24H35N3O2.HI/c1-5-25-23(27-16-22(17-28)21-12-7-6-8-13-21)26-15-19-10-9-11-20(14-19)18-29-24(2,3)4;/h6-14,22,28H,5,15-18H2,1-4H3,(H2,25,26,27);1H. The second-order valence-electron chi connectivity index (χ2n) is 8.09. The van der Waals surface area contributed by atoms with Gasteiger partial charge in [0.2, 0.25) is 0 Å². The Bertz CT molecular complexity index is 761. The van der Waals surface area contributed by atoms with Gasteiger partial charge in [-0.2, -0.15) is 0 Å². The van der Waals surface area contributed by atoms with Gasteiger partial charge in [-0.3, -0.25) is 0 Å². The van der Waals surface area contributed by atoms with Crippen LogP contribution in [0.15, 0.2) is 59.6 Å². The molecule has 6 heteroatoms. The summed E-state index contributed by atoms with van der Waals surface area (Å²) < 4.78 is 5.87. The van der Waals surface area contributed by atoms with Gasteiger partial charge in [-0.15, -0.1) is 24.0 Å². The fourth-order valence-electron chi connectivity index (χ4n) is 2.86. The van der Waals surface area contributed by atoms with E-state index in [0.717, 1.165) is 29.2 Å². The number of rotatable bonds is 9. The Labute approximate surface area is 198 Å². The van der Waals surface area contributed by atoms with Gasteiger partial charge in [0.05, 0.1) is 25.4 Å². The summed E-state index contributed by atoms with van der Waals surface area (Å²) in [6.07, 6.45) is 0. The van der Waals surface area contributed by atoms with Crippen LogP contribution in [0.3, 0.4) is 0 Å². The topological polar surface area (TPSA) is 65.9 Å². The number of aliphatic hydroxyl groups is 1. The zero-order chi connectivity index (χ0) is 21.1. The van der Waals surface area contributed by atoms with E-state index >= 15 is 0 Å². The molecule has 0 radical (unpaired) electrons. The van der Waals surface area contributed by atoms with Gasteiger partial charge in [0.25, 0.3) is 0 Å². The summed E-state index contributed by atoms with van der Waals surface area (Å²) in [6, 6.07) is 18.4. The van der Waals surface area contributed by atoms with Crippen LogP contribution in [-0.2, 0) is 17.9 Å². The van der Waals surface area contributed by atoms with Crippen LogP contribution in [0.5, 0.6) is 0 Å². The monoisotopic (exact) mass is 525 g/mol. The maximum Gasteiger partial charge on any atom is 0.191 e. The van der Waals surface area contributed by atoms with Gasteiger partial charge >= 0.3 is 0 Å². The summed E-state index contributed by atoms with van der Waals surface area (Å²) >= 11 is 0. The molecule has 166 valence electrons. The fraction of sp³-hybridized carbons (Fsp3) is 0.458. The number of aliphatic hydroxyl groups excluding tert-OH is 1. The molecule has 0 aromatic heterocycles. The summed E-state index contributed by atoms with van der Waals surface area (Å²) in [5.74, 6) is 0.774. The largest absolute Gasteiger partial charge is 0.396 e. The molecule has 0 saturated carbocycles. The molecule has 0 aliphatic carbocycles. The van der Waals surface area contributed by atoms with Crippen LogP contribution in [0.1, 0.15) is 50.3 Å². The van der Waals surface area contributed by atoms with E-state index in [1.807, 2.05) is 43.3 Å². The van der Waals surface area contributed by atoms with E-state index in [4.69, 9.17) is 9.73 Å². The van der Waals surface area contributed by atoms with Crippen molar-refractivity contribution >= 4 is 29.9 Å². The Kier molecular flexibility index (Phi) is 12.0. The molecule has 2 rings (SSSR count). The molecule has 2 aromatic rings. The van der Waals surface area contributed by atoms with Crippen LogP contribution in [0.2, 0.25) is 0 Å². The molecule has 30 heavy (non-hydrogen) atoms. The molecule has 0 heterocycles. The number of hydrogen-bond acceptors (Lipinski definition) is 3. The van der Waals surface area contributed by atoms with Gasteiger partial charge in [-0.05, 0) is 44.4 Å². The van der Waals surface area contributed by atoms with Crippen molar-refractivity contribution in [2.45, 2.75) is 52.4 Å². The molecule has 1 unspecified atom stereocenters. The van der Waals surface area contributed by atoms with Gasteiger partial charge in [0.15, 0.2) is 5.96 Å². The minimum Gasteiger partial charge on any atom is -0.396 e. The third-order valence-electron chi connectivity index (χ3n) is 4.43. The molecule has 0 fully saturated rings. The summed E-state index contributed by atoms with van der Waals surface area (Å²) in [7, 11) is 0. The molecule has 1 atom stereocenters. The Morgan fingerprint density at radius 2 is 1.73 bits per heavy atom. The van der Waals surface area contributed by atoms with E-state index in [1.54, 1.807) is 0 Å². The van der Waals surface area contributed by atoms with E-state index in [-0.39, 0.29) is 42.1 Å². The van der Waals surface area contributed by atoms with Crippen LogP contribution < -0.4 is 10.6 Å². The van der Waals surface area contributed by atoms with Crippen LogP contribution >= 0.6 is 24.0 Å². The van der Waals surface area contributed by atoms with E-state index < -0.39 is 0 Å². The van der Waals surface area contributed by atoms with E-state index in [9.17, 15) is 5.11 Å². The zero-order valence-corrected chi connectivity index (χ0v) is 20.9. The van der Waals surface area contributed by atoms with Crippen LogP contribution in [0.25, 0.3) is 0 Å². The maximum atomic E-state index is 9.76. The Hall–Kier alpha value is -1.64. The first-order valence-electron chi connectivity index (χ1n) is 10.3. The lowest BCUT2D eigenvalue weighted by atomic mass is 10.0. The molecule has 0 aliphatic heterocycles. The first-order chi connectivity index (χ1) is 13.9. The van der Waals surface area contributed by atoms with E-state index in [1.165, 1.54) is 0 Å². The number of guanidine groups is 1. The van der Waals surface area contributed by atoms with Crippen LogP contribution in [-0.4, -0.2) is 36.4 Å². The minimum atomic E-state index is -0.154. The second-order valence-corrected chi connectivity index (χ2v) is 8.09. The van der Waals surface area contributed by atoms with E-state index in [0.29, 0.717) is 19.7 Å². The van der Waals surface area contributed by atoms with Gasteiger partial charge in [-0.1, -0.05) is 54.6 Å². The number of nitrogens with zero attached hydrogens (tertiary/aromatic N) is 1. The second kappa shape index (κ2) is 13.6. The molecule has 0 amide bonds. The van der Waals surface area contributed by atoms with Crippen molar-refractivity contribution in [2.24, 2.45) is 4.99 Å². The highest BCUT2D eigenvalue weighted by molar-refractivity contribution is 14.0. The molecular formula is C24H36IN3O2. The minimum absolute atomic E-state index is 0. The molecule has 0 aliphatic rings. The molecule has 0 saturated heterocycles. The quantitative estimate of drug-likeness (QED) is 0.257. The summed E-state index contributed by atoms with van der Waals surface area (Å²) in [6.45, 7) is 10.9. The Balaban J connectivity index is 0.00000450. The van der Waals surface area contributed by atoms with Gasteiger partial charge < -0.3 is 20.5 Å². The molecule has 5 nitrogen and oxygen atoms in total. The molecule has 2 aromatic carbocycles. The van der Waals surface area contributed by atoms with Gasteiger partial charge in [0.1, 0.15) is 0 Å². The van der Waals surface area contributed by atoms with Crippen molar-refractivity contribution in [3.8, 4) is 0 Å². The fourth-order valence-corrected chi connectivity index (χ4v) is 2.86. The van der Waals surface area contributed by atoms with Crippen LogP contribution in [0, 0.1) is 0 Å². The molecular weight excluding hydrogens is 489 g/mol. The average molecular weight is 525 g/mol. The maximum absolute atomic E-state index is 9.76. The lowest BCUT2D eigenvalue weighted by molar-refractivity contribution is -0.0149. The molecule has 0 spiro atoms. The van der Waals surface area contributed by atoms with Crippen molar-refractivity contribution in [3.05, 3.63) is 71.3 Å². The summed E-state index contributed by atoms with van der Waals surface area (Å²) in [4.78, 5) is 4.71. The number of hydrogen-bond donors (Lipinski definition) is 3. The highest BCUT2D eigenvalue weighted by Gasteiger charge is 2.11. The Morgan fingerprint density at radius 1 is 1.03 bits per heavy atom. The lowest BCUT2D eigenvalue weighted by Crippen LogP contribution is -2.39. The smallest absolute Gasteiger partial charge is 0.191 e. The first-order valence-corrected chi connectivity index (χ1v) is 10.3. The predicted molar refractivity (Wildman–Crippen MR) is 135 cm³/mol. The van der Waals surface area contributed by atoms with Crippen molar-refractivity contribution in [3.63, 3.8) is 0 Å². The lowest BCUT2D eigenvalue weighted by Gasteiger charge is -2.19. The number of benzene rings is 2. The number of halogens is 1. The third-order valence-corrected chi connectivity index (χ3v) is 4.43. The summed E-state index contributed by atoms with van der Waals surface area (Å²) in [5.41, 5.74) is 3.25. The highest BCUT2D eigenvalue weighted by atomic mass is 127. The Morgan fingerprint density at radius 3 is 2.37 bits per heavy atom. The number of nitrogens with one attached hydrogen (secondary N) is 2. The third kappa shape index (κ3) is 9.91. The highest BCUT2D eigenvalue weighted by Crippen LogP contribution is 2.15. The molecule has 3 N–H and O–H groups in total. The number of ether oxygens (including phenoxy) is 1. The van der Waals surface area contributed by atoms with Crippen molar-refractivity contribution in [1.82, 2.24) is 10.6 Å². The van der Waals surface area contributed by atoms with Crippen molar-refractivity contribution < 1.29 is 9.84 Å². The first kappa shape index (κ1) is 26.4. The van der Waals surface area contributed by atoms with Crippen molar-refractivity contribution in [1.29, 1.82) is 0 Å². The normalized spacial score (nSPS) is 12.8. The SMILES string of the molecule is CCNC(=NCc1cccc(COC(C)(C)C)c1)NCC(CO)c1ccccc1.I. The predicted octanol–water partition coefficient (Wildman–Crippen LogP) is 4.45. The van der Waals surface area contributed by atoms with Gasteiger partial charge in [0, 0.05) is 19.0 Å². The summed E-state index contributed by atoms with van der Waals surface area (Å²) in [5, 5.41) is 16.4. The van der Waals surface area contributed by atoms with E-state index in [2.05, 4.69) is 49.6 Å². The van der Waals surface area contributed by atoms with Crippen molar-refractivity contribution in [2.75, 3.05) is 19.7 Å². The van der Waals surface area contributed by atoms with Gasteiger partial charge in [-0.25, -0.2) is 4.99 Å². The average Bonchev–Trinajstić information content (AvgIpc) is 2.71. The molecule has 0 bridgehead atoms.